The van der Waals surface area contributed by atoms with Crippen LogP contribution in [-0.4, -0.2) is 25.1 Å². The number of amides is 1. The summed E-state index contributed by atoms with van der Waals surface area (Å²) in [6.45, 7) is 8.46. The molecule has 4 rings (SSSR count). The van der Waals surface area contributed by atoms with Crippen LogP contribution in [0.1, 0.15) is 78.4 Å². The minimum absolute atomic E-state index is 0.137. The fourth-order valence-corrected chi connectivity index (χ4v) is 6.07. The molecule has 0 saturated heterocycles. The number of ether oxygens (including phenoxy) is 2. The maximum absolute atomic E-state index is 12.7. The molecule has 0 fully saturated rings. The van der Waals surface area contributed by atoms with Crippen molar-refractivity contribution in [3.05, 3.63) is 81.7 Å². The van der Waals surface area contributed by atoms with Crippen molar-refractivity contribution in [1.82, 2.24) is 0 Å². The van der Waals surface area contributed by atoms with Crippen molar-refractivity contribution in [3.8, 4) is 5.75 Å². The normalized spacial score (nSPS) is 15.3. The summed E-state index contributed by atoms with van der Waals surface area (Å²) in [6, 6.07) is 18.2. The summed E-state index contributed by atoms with van der Waals surface area (Å²) in [5.41, 5.74) is 3.81. The van der Waals surface area contributed by atoms with Crippen LogP contribution in [0.4, 0.5) is 5.00 Å². The topological polar surface area (TPSA) is 64.6 Å². The molecule has 2 aromatic carbocycles. The third kappa shape index (κ3) is 5.43. The van der Waals surface area contributed by atoms with Gasteiger partial charge in [-0.1, -0.05) is 63.2 Å². The average Bonchev–Trinajstić information content (AvgIpc) is 3.23. The van der Waals surface area contributed by atoms with E-state index in [0.29, 0.717) is 22.9 Å². The molecular formula is C29H33NO4S. The predicted octanol–water partition coefficient (Wildman–Crippen LogP) is 6.71. The van der Waals surface area contributed by atoms with Gasteiger partial charge in [0.15, 0.2) is 6.61 Å². The maximum Gasteiger partial charge on any atom is 0.341 e. The van der Waals surface area contributed by atoms with Crippen LogP contribution in [0, 0.1) is 0 Å². The zero-order valence-corrected chi connectivity index (χ0v) is 21.7. The fraction of sp³-hybridized carbons (Fsp3) is 0.379. The Morgan fingerprint density at radius 1 is 1.06 bits per heavy atom. The van der Waals surface area contributed by atoms with E-state index in [1.807, 2.05) is 42.5 Å². The molecule has 1 unspecified atom stereocenters. The van der Waals surface area contributed by atoms with Gasteiger partial charge in [-0.3, -0.25) is 4.79 Å². The summed E-state index contributed by atoms with van der Waals surface area (Å²) < 4.78 is 11.1. The number of nitrogens with one attached hydrogen (secondary N) is 1. The van der Waals surface area contributed by atoms with E-state index in [1.54, 1.807) is 6.92 Å². The van der Waals surface area contributed by atoms with Gasteiger partial charge in [0.2, 0.25) is 0 Å². The van der Waals surface area contributed by atoms with E-state index >= 15 is 0 Å². The number of fused-ring (bicyclic) bond motifs is 1. The first kappa shape index (κ1) is 25.0. The minimum atomic E-state index is -0.369. The van der Waals surface area contributed by atoms with Crippen LogP contribution in [0.15, 0.2) is 54.6 Å². The van der Waals surface area contributed by atoms with Crippen LogP contribution >= 0.6 is 11.3 Å². The van der Waals surface area contributed by atoms with Crippen LogP contribution in [0.5, 0.6) is 5.75 Å². The fourth-order valence-electron chi connectivity index (χ4n) is 4.71. The van der Waals surface area contributed by atoms with Gasteiger partial charge in [-0.25, -0.2) is 4.79 Å². The number of esters is 1. The molecule has 0 saturated carbocycles. The van der Waals surface area contributed by atoms with E-state index in [-0.39, 0.29) is 29.8 Å². The maximum atomic E-state index is 12.7. The lowest BCUT2D eigenvalue weighted by Crippen LogP contribution is -2.22. The molecule has 6 heteroatoms. The summed E-state index contributed by atoms with van der Waals surface area (Å²) in [7, 11) is 0. The number of hydrogen-bond acceptors (Lipinski definition) is 5. The highest BCUT2D eigenvalue weighted by atomic mass is 32.1. The molecule has 5 nitrogen and oxygen atoms in total. The number of rotatable bonds is 8. The van der Waals surface area contributed by atoms with Gasteiger partial charge in [0.05, 0.1) is 12.2 Å². The lowest BCUT2D eigenvalue weighted by molar-refractivity contribution is -0.118. The molecule has 35 heavy (non-hydrogen) atoms. The van der Waals surface area contributed by atoms with Crippen molar-refractivity contribution < 1.29 is 19.1 Å². The van der Waals surface area contributed by atoms with Gasteiger partial charge < -0.3 is 14.8 Å². The Kier molecular flexibility index (Phi) is 7.60. The van der Waals surface area contributed by atoms with Crippen molar-refractivity contribution >= 4 is 28.2 Å². The van der Waals surface area contributed by atoms with Crippen LogP contribution in [0.25, 0.3) is 0 Å². The molecule has 1 aliphatic rings. The molecule has 184 valence electrons. The van der Waals surface area contributed by atoms with Crippen molar-refractivity contribution in [2.24, 2.45) is 0 Å². The Hall–Kier alpha value is -3.12. The van der Waals surface area contributed by atoms with Crippen molar-refractivity contribution in [2.75, 3.05) is 18.5 Å². The highest BCUT2D eigenvalue weighted by Gasteiger charge is 2.31. The van der Waals surface area contributed by atoms with Crippen LogP contribution in [0.3, 0.4) is 0 Å². The van der Waals surface area contributed by atoms with E-state index in [1.165, 1.54) is 21.8 Å². The van der Waals surface area contributed by atoms with E-state index in [4.69, 9.17) is 9.47 Å². The highest BCUT2D eigenvalue weighted by molar-refractivity contribution is 7.17. The van der Waals surface area contributed by atoms with E-state index in [2.05, 4.69) is 38.2 Å². The summed E-state index contributed by atoms with van der Waals surface area (Å²) in [5, 5.41) is 3.47. The Balaban J connectivity index is 1.43. The molecule has 1 atom stereocenters. The third-order valence-corrected chi connectivity index (χ3v) is 7.91. The first-order valence-corrected chi connectivity index (χ1v) is 13.0. The number of carbonyl (C=O) groups excluding carboxylic acids is 2. The first-order chi connectivity index (χ1) is 16.8. The first-order valence-electron chi connectivity index (χ1n) is 12.2. The standard InChI is InChI=1S/C29H33NO4S/c1-5-33-28(32)26-25-19(2)10-9-13-23(25)35-27(26)30-24(31)18-34-22-16-14-21(15-17-22)29(3,4)20-11-7-6-8-12-20/h6-8,11-12,14-17,19H,5,9-10,13,18H2,1-4H3,(H,30,31). The molecule has 0 bridgehead atoms. The number of carbonyl (C=O) groups is 2. The van der Waals surface area contributed by atoms with E-state index in [9.17, 15) is 9.59 Å². The summed E-state index contributed by atoms with van der Waals surface area (Å²) in [5.74, 6) is 0.231. The van der Waals surface area contributed by atoms with Gasteiger partial charge in [-0.15, -0.1) is 11.3 Å². The van der Waals surface area contributed by atoms with Crippen molar-refractivity contribution in [2.45, 2.75) is 58.3 Å². The smallest absolute Gasteiger partial charge is 0.341 e. The number of benzene rings is 2. The number of thiophene rings is 1. The van der Waals surface area contributed by atoms with Gasteiger partial charge in [-0.05, 0) is 60.9 Å². The van der Waals surface area contributed by atoms with E-state index in [0.717, 1.165) is 30.4 Å². The molecule has 1 heterocycles. The quantitative estimate of drug-likeness (QED) is 0.356. The molecule has 1 N–H and O–H groups in total. The van der Waals surface area contributed by atoms with Gasteiger partial charge in [0.25, 0.3) is 5.91 Å². The van der Waals surface area contributed by atoms with Crippen molar-refractivity contribution in [1.29, 1.82) is 0 Å². The molecule has 0 radical (unpaired) electrons. The Morgan fingerprint density at radius 3 is 2.43 bits per heavy atom. The summed E-state index contributed by atoms with van der Waals surface area (Å²) in [4.78, 5) is 26.6. The Labute approximate surface area is 211 Å². The highest BCUT2D eigenvalue weighted by Crippen LogP contribution is 2.43. The third-order valence-electron chi connectivity index (χ3n) is 6.73. The average molecular weight is 492 g/mol. The molecule has 0 spiro atoms. The molecule has 3 aromatic rings. The molecule has 1 amide bonds. The second-order valence-electron chi connectivity index (χ2n) is 9.51. The number of anilines is 1. The minimum Gasteiger partial charge on any atom is -0.484 e. The zero-order chi connectivity index (χ0) is 25.0. The number of aryl methyl sites for hydroxylation is 1. The van der Waals surface area contributed by atoms with Crippen LogP contribution in [-0.2, 0) is 21.4 Å². The zero-order valence-electron chi connectivity index (χ0n) is 20.9. The van der Waals surface area contributed by atoms with Gasteiger partial charge in [0.1, 0.15) is 10.8 Å². The number of hydrogen-bond donors (Lipinski definition) is 1. The second-order valence-corrected chi connectivity index (χ2v) is 10.6. The lowest BCUT2D eigenvalue weighted by Gasteiger charge is -2.26. The van der Waals surface area contributed by atoms with Gasteiger partial charge in [-0.2, -0.15) is 0 Å². The molecular weight excluding hydrogens is 458 g/mol. The van der Waals surface area contributed by atoms with Gasteiger partial charge >= 0.3 is 5.97 Å². The largest absolute Gasteiger partial charge is 0.484 e. The SMILES string of the molecule is CCOC(=O)c1c(NC(=O)COc2ccc(C(C)(C)c3ccccc3)cc2)sc2c1C(C)CCC2. The Bertz CT molecular complexity index is 1180. The predicted molar refractivity (Wildman–Crippen MR) is 141 cm³/mol. The van der Waals surface area contributed by atoms with Crippen LogP contribution < -0.4 is 10.1 Å². The van der Waals surface area contributed by atoms with Crippen LogP contribution in [0.2, 0.25) is 0 Å². The van der Waals surface area contributed by atoms with Gasteiger partial charge in [0, 0.05) is 10.3 Å². The monoisotopic (exact) mass is 491 g/mol. The molecule has 1 aromatic heterocycles. The second kappa shape index (κ2) is 10.6. The summed E-state index contributed by atoms with van der Waals surface area (Å²) in [6.07, 6.45) is 3.04. The summed E-state index contributed by atoms with van der Waals surface area (Å²) >= 11 is 1.48. The molecule has 1 aliphatic carbocycles. The Morgan fingerprint density at radius 2 is 1.74 bits per heavy atom. The van der Waals surface area contributed by atoms with E-state index < -0.39 is 0 Å². The van der Waals surface area contributed by atoms with Crippen molar-refractivity contribution in [3.63, 3.8) is 0 Å². The lowest BCUT2D eigenvalue weighted by atomic mass is 9.78. The molecule has 0 aliphatic heterocycles.